The molecular formula is C22H25NO4. The highest BCUT2D eigenvalue weighted by molar-refractivity contribution is 5.99. The molecule has 1 aliphatic heterocycles. The van der Waals surface area contributed by atoms with E-state index >= 15 is 0 Å². The summed E-state index contributed by atoms with van der Waals surface area (Å²) in [4.78, 5) is 26.8. The lowest BCUT2D eigenvalue weighted by molar-refractivity contribution is -0.132. The quantitative estimate of drug-likeness (QED) is 0.733. The largest absolute Gasteiger partial charge is 0.493 e. The maximum atomic E-state index is 12.6. The van der Waals surface area contributed by atoms with Gasteiger partial charge in [-0.2, -0.15) is 0 Å². The van der Waals surface area contributed by atoms with E-state index in [1.165, 1.54) is 5.56 Å². The van der Waals surface area contributed by atoms with Crippen molar-refractivity contribution in [3.05, 3.63) is 58.7 Å². The molecule has 1 amide bonds. The molecule has 0 aromatic heterocycles. The monoisotopic (exact) mass is 367 g/mol. The average molecular weight is 367 g/mol. The maximum absolute atomic E-state index is 12.6. The van der Waals surface area contributed by atoms with Crippen LogP contribution in [0.4, 0.5) is 0 Å². The van der Waals surface area contributed by atoms with Crippen molar-refractivity contribution in [2.45, 2.75) is 32.7 Å². The fourth-order valence-electron chi connectivity index (χ4n) is 3.50. The van der Waals surface area contributed by atoms with Gasteiger partial charge >= 0.3 is 0 Å². The van der Waals surface area contributed by atoms with Gasteiger partial charge in [-0.1, -0.05) is 24.3 Å². The molecule has 0 spiro atoms. The molecule has 0 atom stereocenters. The Morgan fingerprint density at radius 3 is 2.33 bits per heavy atom. The van der Waals surface area contributed by atoms with E-state index < -0.39 is 0 Å². The molecule has 0 unspecified atom stereocenters. The minimum atomic E-state index is 0.0115. The van der Waals surface area contributed by atoms with Crippen LogP contribution in [-0.2, 0) is 17.8 Å². The molecule has 1 aliphatic rings. The summed E-state index contributed by atoms with van der Waals surface area (Å²) in [5.74, 6) is 1.41. The number of hydrogen-bond donors (Lipinski definition) is 0. The second-order valence-electron chi connectivity index (χ2n) is 6.78. The lowest BCUT2D eigenvalue weighted by Gasteiger charge is -2.29. The van der Waals surface area contributed by atoms with Crippen LogP contribution in [0.15, 0.2) is 36.4 Å². The van der Waals surface area contributed by atoms with E-state index in [0.29, 0.717) is 30.2 Å². The zero-order valence-corrected chi connectivity index (χ0v) is 16.1. The highest BCUT2D eigenvalue weighted by atomic mass is 16.5. The van der Waals surface area contributed by atoms with Crippen molar-refractivity contribution in [2.75, 3.05) is 20.8 Å². The molecule has 0 saturated heterocycles. The van der Waals surface area contributed by atoms with Crippen LogP contribution >= 0.6 is 0 Å². The van der Waals surface area contributed by atoms with Gasteiger partial charge in [-0.15, -0.1) is 0 Å². The predicted molar refractivity (Wildman–Crippen MR) is 103 cm³/mol. The number of carbonyl (C=O) groups is 2. The Bertz CT molecular complexity index is 859. The van der Waals surface area contributed by atoms with Crippen molar-refractivity contribution in [1.82, 2.24) is 4.90 Å². The fraction of sp³-hybridized carbons (Fsp3) is 0.364. The number of Topliss-reactive ketones (excluding diaryl/α,β-unsaturated/α-hetero) is 1. The number of aryl methyl sites for hydroxylation is 1. The first-order valence-electron chi connectivity index (χ1n) is 9.14. The Kier molecular flexibility index (Phi) is 5.79. The number of fused-ring (bicyclic) bond motifs is 1. The van der Waals surface area contributed by atoms with Crippen LogP contribution in [0.2, 0.25) is 0 Å². The van der Waals surface area contributed by atoms with Gasteiger partial charge in [0.15, 0.2) is 17.3 Å². The molecule has 5 heteroatoms. The number of nitrogens with zero attached hydrogens (tertiary/aromatic N) is 1. The first-order chi connectivity index (χ1) is 13.0. The second-order valence-corrected chi connectivity index (χ2v) is 6.78. The summed E-state index contributed by atoms with van der Waals surface area (Å²) in [7, 11) is 3.22. The van der Waals surface area contributed by atoms with E-state index in [2.05, 4.69) is 0 Å². The molecule has 0 N–H and O–H groups in total. The van der Waals surface area contributed by atoms with Crippen LogP contribution in [0.1, 0.15) is 39.9 Å². The normalized spacial score (nSPS) is 13.1. The van der Waals surface area contributed by atoms with Crippen LogP contribution in [0.3, 0.4) is 0 Å². The van der Waals surface area contributed by atoms with Gasteiger partial charge in [0, 0.05) is 31.5 Å². The molecule has 27 heavy (non-hydrogen) atoms. The summed E-state index contributed by atoms with van der Waals surface area (Å²) < 4.78 is 10.7. The van der Waals surface area contributed by atoms with Crippen molar-refractivity contribution < 1.29 is 19.1 Å². The number of hydrogen-bond acceptors (Lipinski definition) is 4. The van der Waals surface area contributed by atoms with E-state index in [0.717, 1.165) is 17.5 Å². The summed E-state index contributed by atoms with van der Waals surface area (Å²) >= 11 is 0. The molecule has 0 radical (unpaired) electrons. The molecule has 2 aromatic carbocycles. The van der Waals surface area contributed by atoms with Crippen LogP contribution < -0.4 is 9.47 Å². The lowest BCUT2D eigenvalue weighted by Crippen LogP contribution is -2.36. The van der Waals surface area contributed by atoms with Crippen molar-refractivity contribution in [2.24, 2.45) is 0 Å². The Morgan fingerprint density at radius 2 is 1.67 bits per heavy atom. The minimum Gasteiger partial charge on any atom is -0.493 e. The summed E-state index contributed by atoms with van der Waals surface area (Å²) in [5.41, 5.74) is 3.89. The number of amides is 1. The van der Waals surface area contributed by atoms with Crippen molar-refractivity contribution in [3.63, 3.8) is 0 Å². The smallest absolute Gasteiger partial charge is 0.223 e. The third-order valence-electron chi connectivity index (χ3n) is 5.08. The number of ketones is 1. The zero-order chi connectivity index (χ0) is 19.4. The van der Waals surface area contributed by atoms with Gasteiger partial charge in [0.1, 0.15) is 0 Å². The van der Waals surface area contributed by atoms with Gasteiger partial charge in [-0.3, -0.25) is 9.59 Å². The number of benzene rings is 2. The van der Waals surface area contributed by atoms with Gasteiger partial charge in [-0.05, 0) is 42.2 Å². The number of carbonyl (C=O) groups excluding carboxylic acids is 2. The van der Waals surface area contributed by atoms with Crippen molar-refractivity contribution >= 4 is 11.7 Å². The Labute approximate surface area is 159 Å². The van der Waals surface area contributed by atoms with Crippen LogP contribution in [0, 0.1) is 6.92 Å². The summed E-state index contributed by atoms with van der Waals surface area (Å²) in [6.07, 6.45) is 1.24. The molecule has 2 aromatic rings. The van der Waals surface area contributed by atoms with Crippen molar-refractivity contribution in [3.8, 4) is 11.5 Å². The topological polar surface area (TPSA) is 55.8 Å². The molecule has 0 saturated carbocycles. The first kappa shape index (κ1) is 19.0. The van der Waals surface area contributed by atoms with E-state index in [4.69, 9.17) is 9.47 Å². The van der Waals surface area contributed by atoms with Gasteiger partial charge in [0.2, 0.25) is 5.91 Å². The van der Waals surface area contributed by atoms with Gasteiger partial charge in [-0.25, -0.2) is 0 Å². The van der Waals surface area contributed by atoms with Gasteiger partial charge in [0.05, 0.1) is 14.2 Å². The van der Waals surface area contributed by atoms with E-state index in [1.807, 2.05) is 48.2 Å². The molecule has 0 aliphatic carbocycles. The second kappa shape index (κ2) is 8.25. The minimum absolute atomic E-state index is 0.0115. The SMILES string of the molecule is COc1cc2c(cc1OC)CN(C(=O)CCC(=O)c1ccccc1C)CC2. The van der Waals surface area contributed by atoms with Crippen LogP contribution in [-0.4, -0.2) is 37.4 Å². The lowest BCUT2D eigenvalue weighted by atomic mass is 9.97. The molecule has 0 fully saturated rings. The molecule has 0 bridgehead atoms. The standard InChI is InChI=1S/C22H25NO4/c1-15-6-4-5-7-18(15)19(24)8-9-22(25)23-11-10-16-12-20(26-2)21(27-3)13-17(16)14-23/h4-7,12-13H,8-11,14H2,1-3H3. The first-order valence-corrected chi connectivity index (χ1v) is 9.14. The predicted octanol–water partition coefficient (Wildman–Crippen LogP) is 3.56. The molecule has 142 valence electrons. The van der Waals surface area contributed by atoms with Crippen LogP contribution in [0.25, 0.3) is 0 Å². The van der Waals surface area contributed by atoms with E-state index in [-0.39, 0.29) is 24.5 Å². The molecule has 5 nitrogen and oxygen atoms in total. The zero-order valence-electron chi connectivity index (χ0n) is 16.1. The summed E-state index contributed by atoms with van der Waals surface area (Å²) in [5, 5.41) is 0. The molecular weight excluding hydrogens is 342 g/mol. The number of ether oxygens (including phenoxy) is 2. The van der Waals surface area contributed by atoms with Gasteiger partial charge in [0.25, 0.3) is 0 Å². The van der Waals surface area contributed by atoms with Gasteiger partial charge < -0.3 is 14.4 Å². The summed E-state index contributed by atoms with van der Waals surface area (Å²) in [6.45, 7) is 3.10. The third-order valence-corrected chi connectivity index (χ3v) is 5.08. The maximum Gasteiger partial charge on any atom is 0.223 e. The third kappa shape index (κ3) is 4.13. The fourth-order valence-corrected chi connectivity index (χ4v) is 3.50. The van der Waals surface area contributed by atoms with Crippen molar-refractivity contribution in [1.29, 1.82) is 0 Å². The average Bonchev–Trinajstić information content (AvgIpc) is 2.70. The van der Waals surface area contributed by atoms with E-state index in [9.17, 15) is 9.59 Å². The Hall–Kier alpha value is -2.82. The number of methoxy groups -OCH3 is 2. The van der Waals surface area contributed by atoms with E-state index in [1.54, 1.807) is 14.2 Å². The summed E-state index contributed by atoms with van der Waals surface area (Å²) in [6, 6.07) is 11.4. The number of rotatable bonds is 6. The highest BCUT2D eigenvalue weighted by Crippen LogP contribution is 2.33. The Balaban J connectivity index is 1.64. The van der Waals surface area contributed by atoms with Crippen LogP contribution in [0.5, 0.6) is 11.5 Å². The highest BCUT2D eigenvalue weighted by Gasteiger charge is 2.23. The Morgan fingerprint density at radius 1 is 1.00 bits per heavy atom. The molecule has 3 rings (SSSR count). The molecule has 1 heterocycles.